The summed E-state index contributed by atoms with van der Waals surface area (Å²) in [5, 5.41) is 0.632. The van der Waals surface area contributed by atoms with Crippen LogP contribution in [0.4, 0.5) is 0 Å². The lowest BCUT2D eigenvalue weighted by Crippen LogP contribution is -2.26. The fraction of sp³-hybridized carbons (Fsp3) is 0.857. The average Bonchev–Trinajstić information content (AvgIpc) is 1.91. The lowest BCUT2D eigenvalue weighted by Gasteiger charge is -2.17. The quantitative estimate of drug-likeness (QED) is 0.352. The van der Waals surface area contributed by atoms with Gasteiger partial charge in [-0.25, -0.2) is 0 Å². The predicted molar refractivity (Wildman–Crippen MR) is 46.8 cm³/mol. The highest BCUT2D eigenvalue weighted by molar-refractivity contribution is 6.64. The van der Waals surface area contributed by atoms with E-state index in [9.17, 15) is 0 Å². The minimum atomic E-state index is 0.632. The second-order valence-electron chi connectivity index (χ2n) is 1.92. The maximum absolute atomic E-state index is 5.82. The molecule has 0 saturated heterocycles. The van der Waals surface area contributed by atoms with Crippen LogP contribution in [-0.4, -0.2) is 29.8 Å². The highest BCUT2D eigenvalue weighted by Crippen LogP contribution is 1.95. The van der Waals surface area contributed by atoms with Crippen LogP contribution < -0.4 is 0 Å². The third-order valence-corrected chi connectivity index (χ3v) is 1.67. The normalized spacial score (nSPS) is 11.8. The van der Waals surface area contributed by atoms with Crippen molar-refractivity contribution in [3.63, 3.8) is 0 Å². The number of hydrogen-bond donors (Lipinski definition) is 0. The summed E-state index contributed by atoms with van der Waals surface area (Å²) in [5.74, 6) is 0. The van der Waals surface area contributed by atoms with Crippen LogP contribution in [0.5, 0.6) is 0 Å². The minimum Gasteiger partial charge on any atom is -0.348 e. The van der Waals surface area contributed by atoms with Crippen molar-refractivity contribution in [2.24, 2.45) is 4.99 Å². The summed E-state index contributed by atoms with van der Waals surface area (Å²) in [7, 11) is 0. The van der Waals surface area contributed by atoms with Gasteiger partial charge in [0.2, 0.25) is 0 Å². The monoisotopic (exact) mass is 162 g/mol. The van der Waals surface area contributed by atoms with Crippen LogP contribution in [0.1, 0.15) is 20.8 Å². The second-order valence-corrected chi connectivity index (χ2v) is 2.25. The van der Waals surface area contributed by atoms with Gasteiger partial charge in [-0.3, -0.25) is 4.99 Å². The van der Waals surface area contributed by atoms with E-state index in [2.05, 4.69) is 18.8 Å². The Morgan fingerprint density at radius 1 is 1.30 bits per heavy atom. The second kappa shape index (κ2) is 5.54. The largest absolute Gasteiger partial charge is 0.348 e. The molecule has 0 aliphatic carbocycles. The molecule has 60 valence electrons. The van der Waals surface area contributed by atoms with E-state index in [4.69, 9.17) is 11.6 Å². The first-order valence-corrected chi connectivity index (χ1v) is 4.08. The smallest absolute Gasteiger partial charge is 0.193 e. The summed E-state index contributed by atoms with van der Waals surface area (Å²) >= 11 is 5.82. The highest BCUT2D eigenvalue weighted by atomic mass is 35.5. The van der Waals surface area contributed by atoms with Crippen molar-refractivity contribution >= 4 is 16.9 Å². The van der Waals surface area contributed by atoms with Gasteiger partial charge in [0.1, 0.15) is 0 Å². The summed E-state index contributed by atoms with van der Waals surface area (Å²) in [4.78, 5) is 6.09. The van der Waals surface area contributed by atoms with E-state index in [1.165, 1.54) is 0 Å². The van der Waals surface area contributed by atoms with E-state index in [1.807, 2.05) is 11.8 Å². The molecule has 0 aliphatic rings. The molecule has 0 fully saturated rings. The SMILES string of the molecule is CCN=C(Cl)N(CC)CC. The summed E-state index contributed by atoms with van der Waals surface area (Å²) in [6.45, 7) is 8.73. The average molecular weight is 163 g/mol. The van der Waals surface area contributed by atoms with Gasteiger partial charge < -0.3 is 4.90 Å². The predicted octanol–water partition coefficient (Wildman–Crippen LogP) is 1.94. The van der Waals surface area contributed by atoms with Gasteiger partial charge in [0, 0.05) is 19.6 Å². The molecule has 0 spiro atoms. The van der Waals surface area contributed by atoms with Crippen molar-refractivity contribution in [3.05, 3.63) is 0 Å². The molecule has 0 N–H and O–H groups in total. The highest BCUT2D eigenvalue weighted by Gasteiger charge is 2.00. The maximum atomic E-state index is 5.82. The first-order valence-electron chi connectivity index (χ1n) is 3.71. The van der Waals surface area contributed by atoms with E-state index in [0.717, 1.165) is 19.6 Å². The molecule has 10 heavy (non-hydrogen) atoms. The molecule has 0 aromatic rings. The summed E-state index contributed by atoms with van der Waals surface area (Å²) < 4.78 is 0. The molecular formula is C7H15ClN2. The molecule has 0 atom stereocenters. The molecule has 0 radical (unpaired) electrons. The van der Waals surface area contributed by atoms with Crippen LogP contribution in [0, 0.1) is 0 Å². The van der Waals surface area contributed by atoms with Crippen molar-refractivity contribution in [2.75, 3.05) is 19.6 Å². The maximum Gasteiger partial charge on any atom is 0.193 e. The van der Waals surface area contributed by atoms with E-state index >= 15 is 0 Å². The van der Waals surface area contributed by atoms with Gasteiger partial charge >= 0.3 is 0 Å². The molecule has 0 saturated carbocycles. The molecule has 0 rings (SSSR count). The summed E-state index contributed by atoms with van der Waals surface area (Å²) in [5.41, 5.74) is 0. The standard InChI is InChI=1S/C7H15ClN2/c1-4-9-7(8)10(5-2)6-3/h4-6H2,1-3H3. The Hall–Kier alpha value is -0.240. The fourth-order valence-corrected chi connectivity index (χ4v) is 1.07. The van der Waals surface area contributed by atoms with Gasteiger partial charge in [-0.05, 0) is 32.4 Å². The van der Waals surface area contributed by atoms with Crippen LogP contribution in [0.15, 0.2) is 4.99 Å². The summed E-state index contributed by atoms with van der Waals surface area (Å²) in [6.07, 6.45) is 0. The number of aliphatic imine (C=N–C) groups is 1. The summed E-state index contributed by atoms with van der Waals surface area (Å²) in [6, 6.07) is 0. The Morgan fingerprint density at radius 3 is 2.10 bits per heavy atom. The third-order valence-electron chi connectivity index (χ3n) is 1.31. The zero-order valence-electron chi connectivity index (χ0n) is 6.89. The van der Waals surface area contributed by atoms with Gasteiger partial charge in [-0.1, -0.05) is 0 Å². The van der Waals surface area contributed by atoms with E-state index in [0.29, 0.717) is 5.29 Å². The van der Waals surface area contributed by atoms with Crippen LogP contribution in [0.25, 0.3) is 0 Å². The number of amidine groups is 1. The lowest BCUT2D eigenvalue weighted by atomic mass is 10.6. The van der Waals surface area contributed by atoms with Crippen LogP contribution in [-0.2, 0) is 0 Å². The molecule has 0 aromatic heterocycles. The first-order chi connectivity index (χ1) is 4.76. The van der Waals surface area contributed by atoms with E-state index < -0.39 is 0 Å². The van der Waals surface area contributed by atoms with Gasteiger partial charge in [-0.15, -0.1) is 0 Å². The van der Waals surface area contributed by atoms with Crippen LogP contribution in [0.2, 0.25) is 0 Å². The van der Waals surface area contributed by atoms with E-state index in [1.54, 1.807) is 0 Å². The van der Waals surface area contributed by atoms with Gasteiger partial charge in [-0.2, -0.15) is 0 Å². The Bertz CT molecular complexity index is 108. The number of hydrogen-bond acceptors (Lipinski definition) is 1. The Labute approximate surface area is 67.9 Å². The molecular weight excluding hydrogens is 148 g/mol. The van der Waals surface area contributed by atoms with Crippen LogP contribution in [0.3, 0.4) is 0 Å². The number of nitrogens with zero attached hydrogens (tertiary/aromatic N) is 2. The third kappa shape index (κ3) is 3.06. The van der Waals surface area contributed by atoms with Gasteiger partial charge in [0.05, 0.1) is 0 Å². The fourth-order valence-electron chi connectivity index (χ4n) is 0.715. The van der Waals surface area contributed by atoms with Crippen molar-refractivity contribution in [2.45, 2.75) is 20.8 Å². The molecule has 0 aliphatic heterocycles. The van der Waals surface area contributed by atoms with Crippen molar-refractivity contribution < 1.29 is 0 Å². The van der Waals surface area contributed by atoms with Crippen molar-refractivity contribution in [1.29, 1.82) is 0 Å². The minimum absolute atomic E-state index is 0.632. The molecule has 0 heterocycles. The van der Waals surface area contributed by atoms with Crippen LogP contribution >= 0.6 is 11.6 Å². The Kier molecular flexibility index (Phi) is 5.40. The topological polar surface area (TPSA) is 15.6 Å². The zero-order valence-corrected chi connectivity index (χ0v) is 7.65. The molecule has 2 nitrogen and oxygen atoms in total. The zero-order chi connectivity index (χ0) is 7.98. The molecule has 0 aromatic carbocycles. The van der Waals surface area contributed by atoms with Gasteiger partial charge in [0.15, 0.2) is 5.29 Å². The Balaban J connectivity index is 3.87. The molecule has 0 amide bonds. The molecule has 0 unspecified atom stereocenters. The molecule has 0 bridgehead atoms. The molecule has 3 heteroatoms. The lowest BCUT2D eigenvalue weighted by molar-refractivity contribution is 0.472. The first kappa shape index (κ1) is 9.76. The number of rotatable bonds is 3. The van der Waals surface area contributed by atoms with Crippen molar-refractivity contribution in [1.82, 2.24) is 4.90 Å². The number of halogens is 1. The van der Waals surface area contributed by atoms with E-state index in [-0.39, 0.29) is 0 Å². The van der Waals surface area contributed by atoms with Gasteiger partial charge in [0.25, 0.3) is 0 Å². The Morgan fingerprint density at radius 2 is 1.80 bits per heavy atom. The van der Waals surface area contributed by atoms with Crippen molar-refractivity contribution in [3.8, 4) is 0 Å².